The highest BCUT2D eigenvalue weighted by Crippen LogP contribution is 2.20. The topological polar surface area (TPSA) is 466 Å². The maximum absolute atomic E-state index is 12.3. The molecule has 32 heteroatoms. The number of amides is 6. The van der Waals surface area contributed by atoms with Crippen LogP contribution in [-0.4, -0.2) is 247 Å². The minimum atomic E-state index is -1.22. The number of Topliss-reactive ketones (excluding diaryl/α,β-unsaturated/α-hetero) is 4. The molecule has 0 aromatic carbocycles. The van der Waals surface area contributed by atoms with Gasteiger partial charge in [-0.1, -0.05) is 143 Å². The molecule has 0 saturated carbocycles. The van der Waals surface area contributed by atoms with Crippen LogP contribution in [0.1, 0.15) is 281 Å². The Labute approximate surface area is 680 Å². The van der Waals surface area contributed by atoms with Gasteiger partial charge in [-0.15, -0.1) is 0 Å². The molecule has 0 rings (SSSR count). The number of rotatable bonds is 84. The lowest BCUT2D eigenvalue weighted by atomic mass is 9.88. The first-order chi connectivity index (χ1) is 54.9. The number of ether oxygens (including phenoxy) is 8. The van der Waals surface area contributed by atoms with Gasteiger partial charge < -0.3 is 90.2 Å². The summed E-state index contributed by atoms with van der Waals surface area (Å²) in [5.41, 5.74) is 0. The van der Waals surface area contributed by atoms with E-state index in [1.54, 1.807) is 0 Å². The van der Waals surface area contributed by atoms with Gasteiger partial charge in [-0.3, -0.25) is 62.3 Å². The van der Waals surface area contributed by atoms with E-state index in [0.717, 1.165) is 122 Å². The zero-order chi connectivity index (χ0) is 84.7. The number of carboxylic acid groups (broad SMARTS) is 4. The van der Waals surface area contributed by atoms with Crippen LogP contribution in [0.25, 0.3) is 0 Å². The van der Waals surface area contributed by atoms with Crippen molar-refractivity contribution in [2.24, 2.45) is 17.8 Å². The average Bonchev–Trinajstić information content (AvgIpc) is 0.919. The summed E-state index contributed by atoms with van der Waals surface area (Å²) in [6, 6.07) is -1.18. The van der Waals surface area contributed by atoms with Crippen LogP contribution >= 0.6 is 0 Å². The van der Waals surface area contributed by atoms with Crippen LogP contribution in [-0.2, 0) is 105 Å². The van der Waals surface area contributed by atoms with Gasteiger partial charge in [-0.2, -0.15) is 0 Å². The summed E-state index contributed by atoms with van der Waals surface area (Å²) in [5.74, 6) is -7.11. The molecule has 114 heavy (non-hydrogen) atoms. The van der Waals surface area contributed by atoms with Crippen molar-refractivity contribution in [3.63, 3.8) is 0 Å². The average molecular weight is 1640 g/mol. The first-order valence-electron chi connectivity index (χ1n) is 42.1. The second-order valence-corrected chi connectivity index (χ2v) is 28.7. The maximum atomic E-state index is 12.3. The van der Waals surface area contributed by atoms with Crippen LogP contribution in [0.3, 0.4) is 0 Å². The summed E-state index contributed by atoms with van der Waals surface area (Å²) in [7, 11) is 0. The third kappa shape index (κ3) is 77.6. The van der Waals surface area contributed by atoms with Gasteiger partial charge in [0.25, 0.3) is 0 Å². The molecule has 6 amide bonds. The van der Waals surface area contributed by atoms with Gasteiger partial charge >= 0.3 is 23.9 Å². The van der Waals surface area contributed by atoms with Gasteiger partial charge in [0.05, 0.1) is 78.6 Å². The lowest BCUT2D eigenvalue weighted by Crippen LogP contribution is -2.43. The number of aliphatic carboxylic acids is 4. The molecule has 0 saturated heterocycles. The van der Waals surface area contributed by atoms with Crippen molar-refractivity contribution in [3.05, 3.63) is 0 Å². The van der Waals surface area contributed by atoms with Gasteiger partial charge in [0, 0.05) is 112 Å². The molecule has 0 radical (unpaired) electrons. The maximum Gasteiger partial charge on any atom is 0.326 e. The highest BCUT2D eigenvalue weighted by molar-refractivity contribution is 5.88. The summed E-state index contributed by atoms with van der Waals surface area (Å²) < 4.78 is 42.8. The van der Waals surface area contributed by atoms with Gasteiger partial charge in [0.15, 0.2) is 11.6 Å². The van der Waals surface area contributed by atoms with Crippen molar-refractivity contribution in [1.29, 1.82) is 0 Å². The molecule has 0 aliphatic heterocycles. The number of unbranched alkanes of at least 4 members (excludes halogenated alkanes) is 21. The monoisotopic (exact) mass is 1640 g/mol. The summed E-state index contributed by atoms with van der Waals surface area (Å²) in [5, 5.41) is 52.3. The van der Waals surface area contributed by atoms with Crippen molar-refractivity contribution in [2.45, 2.75) is 284 Å². The van der Waals surface area contributed by atoms with Crippen LogP contribution in [0.5, 0.6) is 0 Å². The summed E-state index contributed by atoms with van der Waals surface area (Å²) in [4.78, 5) is 165. The quantitative estimate of drug-likeness (QED) is 0.0253. The van der Waals surface area contributed by atoms with Gasteiger partial charge in [-0.05, 0) is 77.6 Å². The normalized spacial score (nSPS) is 12.1. The largest absolute Gasteiger partial charge is 0.481 e. The second-order valence-electron chi connectivity index (χ2n) is 28.7. The molecular weight excluding hydrogens is 1480 g/mol. The van der Waals surface area contributed by atoms with Crippen LogP contribution in [0.2, 0.25) is 0 Å². The van der Waals surface area contributed by atoms with Crippen molar-refractivity contribution >= 4 is 82.5 Å². The first kappa shape index (κ1) is 109. The number of hydrogen-bond acceptors (Lipinski definition) is 22. The summed E-state index contributed by atoms with van der Waals surface area (Å²) in [6.07, 6.45) is 28.7. The third-order valence-corrected chi connectivity index (χ3v) is 18.4. The Morgan fingerprint density at radius 3 is 1.10 bits per heavy atom. The highest BCUT2D eigenvalue weighted by atomic mass is 16.5. The van der Waals surface area contributed by atoms with E-state index < -0.39 is 47.5 Å². The number of ketones is 4. The van der Waals surface area contributed by atoms with E-state index in [2.05, 4.69) is 38.8 Å². The molecule has 0 aromatic heterocycles. The van der Waals surface area contributed by atoms with Crippen LogP contribution in [0.4, 0.5) is 0 Å². The summed E-state index contributed by atoms with van der Waals surface area (Å²) >= 11 is 0. The number of carbonyl (C=O) groups excluding carboxylic acids is 10. The van der Waals surface area contributed by atoms with Crippen molar-refractivity contribution in [2.75, 3.05) is 138 Å². The molecule has 0 unspecified atom stereocenters. The minimum absolute atomic E-state index is 0. The van der Waals surface area contributed by atoms with Crippen molar-refractivity contribution in [3.8, 4) is 0 Å². The van der Waals surface area contributed by atoms with Crippen molar-refractivity contribution < 1.29 is 128 Å². The molecule has 664 valence electrons. The predicted molar refractivity (Wildman–Crippen MR) is 432 cm³/mol. The zero-order valence-corrected chi connectivity index (χ0v) is 69.5. The fraction of sp³-hybridized carbons (Fsp3) is 0.829. The molecule has 0 spiro atoms. The molecule has 0 aromatic rings. The summed E-state index contributed by atoms with van der Waals surface area (Å²) in [6.45, 7) is 11.5. The lowest BCUT2D eigenvalue weighted by Gasteiger charge is -2.15. The molecule has 10 N–H and O–H groups in total. The number of hydrogen-bond donors (Lipinski definition) is 10. The first-order valence-corrected chi connectivity index (χ1v) is 42.1. The number of carboxylic acids is 4. The van der Waals surface area contributed by atoms with Gasteiger partial charge in [0.2, 0.25) is 35.4 Å². The van der Waals surface area contributed by atoms with E-state index in [9.17, 15) is 77.3 Å². The fourth-order valence-electron chi connectivity index (χ4n) is 11.4. The minimum Gasteiger partial charge on any atom is -0.481 e. The Bertz CT molecular complexity index is 2600. The van der Waals surface area contributed by atoms with Crippen LogP contribution < -0.4 is 31.9 Å². The van der Waals surface area contributed by atoms with Gasteiger partial charge in [-0.25, -0.2) is 4.79 Å². The Morgan fingerprint density at radius 2 is 0.675 bits per heavy atom. The van der Waals surface area contributed by atoms with Gasteiger partial charge in [0.1, 0.15) is 44.0 Å². The van der Waals surface area contributed by atoms with E-state index in [0.29, 0.717) is 97.6 Å². The Balaban J connectivity index is -0.00000108. The van der Waals surface area contributed by atoms with E-state index in [-0.39, 0.29) is 199 Å². The smallest absolute Gasteiger partial charge is 0.326 e. The second kappa shape index (κ2) is 79.9. The van der Waals surface area contributed by atoms with E-state index >= 15 is 0 Å². The van der Waals surface area contributed by atoms with E-state index in [4.69, 9.17) is 48.1 Å². The van der Waals surface area contributed by atoms with Crippen molar-refractivity contribution in [1.82, 2.24) is 31.9 Å². The van der Waals surface area contributed by atoms with E-state index in [1.807, 2.05) is 13.8 Å². The van der Waals surface area contributed by atoms with Crippen LogP contribution in [0, 0.1) is 17.8 Å². The molecule has 0 fully saturated rings. The Kier molecular flexibility index (Phi) is 76.4. The van der Waals surface area contributed by atoms with Crippen LogP contribution in [0.15, 0.2) is 0 Å². The molecule has 0 bridgehead atoms. The standard InChI is InChI=1S/C45H79N3O14.C37H67N3O12.2H2/c1-4-35(2)40(51)32-37(36(3)49)17-15-16-22-46-42(53)21-20-38(45(57)58)31-39(50)33-61-29-27-60-26-24-48-43(54)34-62-30-28-59-25-23-47-41(52)18-13-11-9-7-5-6-8-10-12-14-19-44(55)56;1-2-3-14-21-38-34(43)20-19-32(37(47)48)40-35(44)30-52-28-25-49-23-15-16-31(41)29-51-27-26-50-24-22-39-33(42)17-12-10-8-6-4-5-7-9-11-13-18-36(45)46;;/h35,37-38H,4-34H2,1-3H3,(H,46,53)(H,47,52)(H,48,54)(H,55,56)(H,57,58);32H,2-30H2,1H3,(H,38,43)(H,39,42)(H,40,44)(H,45,46)(H,47,48);2*1H/t35-,37-,38-;32-;;/m10../s1. The molecular formula is C82H150N6O26. The molecule has 32 nitrogen and oxygen atoms in total. The Hall–Kier alpha value is -6.94. The number of carbonyl (C=O) groups is 14. The molecule has 4 atom stereocenters. The SMILES string of the molecule is CCCCCNC(=O)CC[C@H](NC(=O)COCCOCCCC(=O)COCCOCCNC(=O)CCCCCCCCCCCCC(=O)O)C(=O)O.CC[C@@H](C)C(=O)C[C@@H](CCCCNC(=O)CC[C@H](CC(=O)COCCOCCNC(=O)COCCOCCNC(=O)CCCCCCCCCCCCC(=O)O)C(=O)O)C(C)=O.[HH].[HH]. The Morgan fingerprint density at radius 1 is 0.307 bits per heavy atom. The lowest BCUT2D eigenvalue weighted by molar-refractivity contribution is -0.145. The zero-order valence-electron chi connectivity index (χ0n) is 69.5. The third-order valence-electron chi connectivity index (χ3n) is 18.4. The van der Waals surface area contributed by atoms with E-state index in [1.165, 1.54) is 39.0 Å². The molecule has 0 aliphatic rings. The predicted octanol–water partition coefficient (Wildman–Crippen LogP) is 9.42. The fourth-order valence-corrected chi connectivity index (χ4v) is 11.4. The molecule has 0 heterocycles. The number of nitrogens with one attached hydrogen (secondary N) is 6. The molecule has 0 aliphatic carbocycles. The highest BCUT2D eigenvalue weighted by Gasteiger charge is 2.25.